The lowest BCUT2D eigenvalue weighted by Crippen LogP contribution is -2.24. The highest BCUT2D eigenvalue weighted by Crippen LogP contribution is 2.20. The number of carbonyl (C=O) groups excluding carboxylic acids is 1. The Labute approximate surface area is 139 Å². The highest BCUT2D eigenvalue weighted by atomic mass is 79.9. The van der Waals surface area contributed by atoms with Crippen LogP contribution >= 0.6 is 15.9 Å². The zero-order valence-corrected chi connectivity index (χ0v) is 13.4. The largest absolute Gasteiger partial charge is 0.348 e. The van der Waals surface area contributed by atoms with E-state index in [9.17, 15) is 9.18 Å². The number of tetrazole rings is 1. The molecule has 0 saturated heterocycles. The quantitative estimate of drug-likeness (QED) is 0.760. The van der Waals surface area contributed by atoms with Crippen molar-refractivity contribution in [2.75, 3.05) is 0 Å². The van der Waals surface area contributed by atoms with Crippen LogP contribution in [0.4, 0.5) is 4.39 Å². The Bertz CT molecular complexity index is 838. The number of hydrogen-bond acceptors (Lipinski definition) is 4. The summed E-state index contributed by atoms with van der Waals surface area (Å²) in [6.45, 7) is 0.104. The van der Waals surface area contributed by atoms with Crippen LogP contribution in [0, 0.1) is 5.82 Å². The van der Waals surface area contributed by atoms with Crippen LogP contribution in [-0.2, 0) is 6.54 Å². The van der Waals surface area contributed by atoms with Gasteiger partial charge in [0, 0.05) is 16.6 Å². The minimum absolute atomic E-state index is 0.104. The van der Waals surface area contributed by atoms with E-state index in [2.05, 4.69) is 36.8 Å². The molecule has 116 valence electrons. The maximum absolute atomic E-state index is 13.6. The third-order valence-electron chi connectivity index (χ3n) is 3.21. The fourth-order valence-electron chi connectivity index (χ4n) is 2.02. The first kappa shape index (κ1) is 15.3. The zero-order chi connectivity index (χ0) is 16.2. The molecule has 0 unspecified atom stereocenters. The van der Waals surface area contributed by atoms with Crippen LogP contribution in [0.25, 0.3) is 5.69 Å². The summed E-state index contributed by atoms with van der Waals surface area (Å²) >= 11 is 3.34. The highest BCUT2D eigenvalue weighted by molar-refractivity contribution is 9.10. The van der Waals surface area contributed by atoms with Crippen molar-refractivity contribution in [2.45, 2.75) is 6.54 Å². The van der Waals surface area contributed by atoms with Crippen LogP contribution < -0.4 is 5.32 Å². The van der Waals surface area contributed by atoms with Gasteiger partial charge in [0.05, 0.1) is 11.3 Å². The van der Waals surface area contributed by atoms with Gasteiger partial charge in [-0.3, -0.25) is 4.79 Å². The minimum Gasteiger partial charge on any atom is -0.348 e. The van der Waals surface area contributed by atoms with Crippen molar-refractivity contribution in [3.63, 3.8) is 0 Å². The predicted molar refractivity (Wildman–Crippen MR) is 84.4 cm³/mol. The Balaban J connectivity index is 1.79. The number of rotatable bonds is 4. The Hall–Kier alpha value is -2.61. The summed E-state index contributed by atoms with van der Waals surface area (Å²) in [6.07, 6.45) is 1.43. The summed E-state index contributed by atoms with van der Waals surface area (Å²) in [4.78, 5) is 12.3. The number of aromatic nitrogens is 4. The molecule has 0 saturated carbocycles. The van der Waals surface area contributed by atoms with Crippen LogP contribution in [0.1, 0.15) is 15.9 Å². The number of hydrogen-bond donors (Lipinski definition) is 1. The van der Waals surface area contributed by atoms with Crippen molar-refractivity contribution < 1.29 is 9.18 Å². The second-order valence-corrected chi connectivity index (χ2v) is 5.55. The molecule has 0 aliphatic carbocycles. The third-order valence-corrected chi connectivity index (χ3v) is 3.90. The summed E-state index contributed by atoms with van der Waals surface area (Å²) in [5.41, 5.74) is 1.48. The number of carbonyl (C=O) groups is 1. The van der Waals surface area contributed by atoms with Gasteiger partial charge in [-0.1, -0.05) is 18.2 Å². The van der Waals surface area contributed by atoms with Gasteiger partial charge < -0.3 is 5.32 Å². The summed E-state index contributed by atoms with van der Waals surface area (Å²) in [7, 11) is 0. The molecule has 0 aliphatic rings. The Morgan fingerprint density at radius 3 is 2.83 bits per heavy atom. The minimum atomic E-state index is -0.352. The van der Waals surface area contributed by atoms with Gasteiger partial charge in [0.1, 0.15) is 12.1 Å². The summed E-state index contributed by atoms with van der Waals surface area (Å²) in [5, 5.41) is 13.6. The first-order valence-electron chi connectivity index (χ1n) is 6.69. The molecule has 0 spiro atoms. The summed E-state index contributed by atoms with van der Waals surface area (Å²) < 4.78 is 15.7. The lowest BCUT2D eigenvalue weighted by molar-refractivity contribution is 0.0950. The fraction of sp³-hybridized carbons (Fsp3) is 0.0667. The topological polar surface area (TPSA) is 72.7 Å². The number of nitrogens with one attached hydrogen (secondary N) is 1. The smallest absolute Gasteiger partial charge is 0.252 e. The monoisotopic (exact) mass is 375 g/mol. The molecule has 2 aromatic carbocycles. The average Bonchev–Trinajstić information content (AvgIpc) is 3.09. The molecule has 1 N–H and O–H groups in total. The van der Waals surface area contributed by atoms with E-state index in [0.717, 1.165) is 0 Å². The van der Waals surface area contributed by atoms with Crippen molar-refractivity contribution in [2.24, 2.45) is 0 Å². The van der Waals surface area contributed by atoms with E-state index in [-0.39, 0.29) is 18.3 Å². The number of nitrogens with zero attached hydrogens (tertiary/aromatic N) is 4. The van der Waals surface area contributed by atoms with Gasteiger partial charge in [-0.2, -0.15) is 0 Å². The van der Waals surface area contributed by atoms with Gasteiger partial charge in [-0.05, 0) is 50.6 Å². The van der Waals surface area contributed by atoms with Crippen LogP contribution in [0.15, 0.2) is 53.3 Å². The van der Waals surface area contributed by atoms with Gasteiger partial charge in [-0.25, -0.2) is 9.07 Å². The van der Waals surface area contributed by atoms with Crippen LogP contribution in [0.2, 0.25) is 0 Å². The van der Waals surface area contributed by atoms with E-state index in [1.807, 2.05) is 0 Å². The Morgan fingerprint density at radius 2 is 2.09 bits per heavy atom. The Kier molecular flexibility index (Phi) is 4.42. The van der Waals surface area contributed by atoms with Crippen molar-refractivity contribution >= 4 is 21.8 Å². The molecule has 0 radical (unpaired) electrons. The first-order valence-corrected chi connectivity index (χ1v) is 7.49. The average molecular weight is 376 g/mol. The van der Waals surface area contributed by atoms with Gasteiger partial charge >= 0.3 is 0 Å². The second kappa shape index (κ2) is 6.66. The summed E-state index contributed by atoms with van der Waals surface area (Å²) in [6, 6.07) is 11.5. The molecule has 0 fully saturated rings. The second-order valence-electron chi connectivity index (χ2n) is 4.69. The van der Waals surface area contributed by atoms with Crippen LogP contribution in [0.3, 0.4) is 0 Å². The fourth-order valence-corrected chi connectivity index (χ4v) is 2.45. The molecule has 0 bridgehead atoms. The summed E-state index contributed by atoms with van der Waals surface area (Å²) in [5.74, 6) is -0.677. The van der Waals surface area contributed by atoms with Gasteiger partial charge in [0.15, 0.2) is 0 Å². The molecule has 0 atom stereocenters. The van der Waals surface area contributed by atoms with E-state index in [4.69, 9.17) is 0 Å². The predicted octanol–water partition coefficient (Wildman–Crippen LogP) is 2.49. The third kappa shape index (κ3) is 3.42. The molecule has 0 aliphatic heterocycles. The highest BCUT2D eigenvalue weighted by Gasteiger charge is 2.12. The van der Waals surface area contributed by atoms with E-state index >= 15 is 0 Å². The maximum Gasteiger partial charge on any atom is 0.252 e. The molecule has 23 heavy (non-hydrogen) atoms. The van der Waals surface area contributed by atoms with E-state index in [0.29, 0.717) is 21.3 Å². The lowest BCUT2D eigenvalue weighted by Gasteiger charge is -2.09. The molecule has 1 aromatic heterocycles. The number of benzene rings is 2. The van der Waals surface area contributed by atoms with Crippen LogP contribution in [-0.4, -0.2) is 26.1 Å². The van der Waals surface area contributed by atoms with Crippen LogP contribution in [0.5, 0.6) is 0 Å². The van der Waals surface area contributed by atoms with E-state index in [1.54, 1.807) is 36.4 Å². The first-order chi connectivity index (χ1) is 11.1. The molecule has 3 aromatic rings. The molecule has 6 nitrogen and oxygen atoms in total. The molecule has 1 heterocycles. The Morgan fingerprint density at radius 1 is 1.26 bits per heavy atom. The van der Waals surface area contributed by atoms with Crippen molar-refractivity contribution in [3.05, 3.63) is 70.2 Å². The molecular formula is C15H11BrFN5O. The van der Waals surface area contributed by atoms with E-state index < -0.39 is 0 Å². The standard InChI is InChI=1S/C15H11BrFN5O/c16-13-6-5-11(22-9-19-20-21-22)7-12(13)15(23)18-8-10-3-1-2-4-14(10)17/h1-7,9H,8H2,(H,18,23). The van der Waals surface area contributed by atoms with Gasteiger partial charge in [0.2, 0.25) is 0 Å². The zero-order valence-electron chi connectivity index (χ0n) is 11.8. The number of amides is 1. The van der Waals surface area contributed by atoms with Crippen molar-refractivity contribution in [3.8, 4) is 5.69 Å². The van der Waals surface area contributed by atoms with Crippen molar-refractivity contribution in [1.29, 1.82) is 0 Å². The normalized spacial score (nSPS) is 10.5. The SMILES string of the molecule is O=C(NCc1ccccc1F)c1cc(-n2cnnn2)ccc1Br. The molecular weight excluding hydrogens is 365 g/mol. The molecule has 1 amide bonds. The van der Waals surface area contributed by atoms with Gasteiger partial charge in [0.25, 0.3) is 5.91 Å². The molecule has 8 heteroatoms. The lowest BCUT2D eigenvalue weighted by atomic mass is 10.1. The maximum atomic E-state index is 13.6. The van der Waals surface area contributed by atoms with Gasteiger partial charge in [-0.15, -0.1) is 5.10 Å². The number of halogens is 2. The molecule has 3 rings (SSSR count). The van der Waals surface area contributed by atoms with Crippen molar-refractivity contribution in [1.82, 2.24) is 25.5 Å². The van der Waals surface area contributed by atoms with E-state index in [1.165, 1.54) is 17.1 Å².